The second-order valence-corrected chi connectivity index (χ2v) is 7.15. The molecule has 0 aliphatic carbocycles. The van der Waals surface area contributed by atoms with Crippen LogP contribution < -0.4 is 10.6 Å². The van der Waals surface area contributed by atoms with Crippen molar-refractivity contribution in [2.75, 3.05) is 30.3 Å². The molecule has 0 atom stereocenters. The van der Waals surface area contributed by atoms with Gasteiger partial charge in [0.15, 0.2) is 0 Å². The summed E-state index contributed by atoms with van der Waals surface area (Å²) in [5.74, 6) is -0.120. The molecule has 0 spiro atoms. The van der Waals surface area contributed by atoms with Gasteiger partial charge in [0.25, 0.3) is 0 Å². The summed E-state index contributed by atoms with van der Waals surface area (Å²) in [6.07, 6.45) is 1.46. The van der Waals surface area contributed by atoms with Gasteiger partial charge in [-0.1, -0.05) is 18.2 Å². The fraction of sp³-hybridized carbons (Fsp3) is 0.316. The number of hydrogen-bond acceptors (Lipinski definition) is 5. The molecule has 0 radical (unpaired) electrons. The highest BCUT2D eigenvalue weighted by atomic mass is 32.1. The van der Waals surface area contributed by atoms with Crippen molar-refractivity contribution in [2.24, 2.45) is 5.92 Å². The van der Waals surface area contributed by atoms with E-state index in [-0.39, 0.29) is 24.3 Å². The van der Waals surface area contributed by atoms with Gasteiger partial charge >= 0.3 is 0 Å². The Morgan fingerprint density at radius 3 is 2.58 bits per heavy atom. The maximum atomic E-state index is 12.3. The van der Waals surface area contributed by atoms with Gasteiger partial charge in [-0.25, -0.2) is 0 Å². The standard InChI is InChI=1S/C19H20N4O2S/c20-12-15-8-11-26-19(15)22-17(24)13-23-9-6-14(7-10-23)18(25)21-16-4-2-1-3-5-16/h1-5,8,11,14H,6-7,9-10,13H2,(H,21,25)(H,22,24). The van der Waals surface area contributed by atoms with Gasteiger partial charge < -0.3 is 10.6 Å². The molecule has 1 saturated heterocycles. The Morgan fingerprint density at radius 1 is 1.15 bits per heavy atom. The lowest BCUT2D eigenvalue weighted by Gasteiger charge is -2.30. The van der Waals surface area contributed by atoms with E-state index < -0.39 is 0 Å². The number of nitrogens with one attached hydrogen (secondary N) is 2. The first-order valence-electron chi connectivity index (χ1n) is 8.51. The predicted octanol–water partition coefficient (Wildman–Crippen LogP) is 2.91. The molecule has 2 heterocycles. The molecule has 26 heavy (non-hydrogen) atoms. The molecule has 0 unspecified atom stereocenters. The molecule has 1 fully saturated rings. The maximum Gasteiger partial charge on any atom is 0.239 e. The van der Waals surface area contributed by atoms with Crippen LogP contribution in [-0.2, 0) is 9.59 Å². The summed E-state index contributed by atoms with van der Waals surface area (Å²) >= 11 is 1.34. The van der Waals surface area contributed by atoms with Gasteiger partial charge in [-0.2, -0.15) is 5.26 Å². The third kappa shape index (κ3) is 4.69. The third-order valence-electron chi connectivity index (χ3n) is 4.41. The summed E-state index contributed by atoms with van der Waals surface area (Å²) in [5.41, 5.74) is 1.29. The molecular weight excluding hydrogens is 348 g/mol. The molecule has 2 N–H and O–H groups in total. The van der Waals surface area contributed by atoms with E-state index in [1.807, 2.05) is 35.2 Å². The van der Waals surface area contributed by atoms with Crippen LogP contribution in [-0.4, -0.2) is 36.3 Å². The second kappa shape index (κ2) is 8.61. The summed E-state index contributed by atoms with van der Waals surface area (Å²) in [7, 11) is 0. The number of thiophene rings is 1. The Kier molecular flexibility index (Phi) is 6.00. The van der Waals surface area contributed by atoms with Crippen molar-refractivity contribution in [2.45, 2.75) is 12.8 Å². The van der Waals surface area contributed by atoms with Crippen molar-refractivity contribution < 1.29 is 9.59 Å². The summed E-state index contributed by atoms with van der Waals surface area (Å²) in [4.78, 5) is 26.6. The van der Waals surface area contributed by atoms with Crippen molar-refractivity contribution in [3.8, 4) is 6.07 Å². The molecule has 0 bridgehead atoms. The van der Waals surface area contributed by atoms with E-state index in [1.165, 1.54) is 11.3 Å². The summed E-state index contributed by atoms with van der Waals surface area (Å²) in [6.45, 7) is 1.68. The Morgan fingerprint density at radius 2 is 1.88 bits per heavy atom. The van der Waals surface area contributed by atoms with E-state index in [9.17, 15) is 9.59 Å². The van der Waals surface area contributed by atoms with Gasteiger partial charge in [0.05, 0.1) is 12.1 Å². The van der Waals surface area contributed by atoms with Crippen molar-refractivity contribution in [1.29, 1.82) is 5.26 Å². The molecular formula is C19H20N4O2S. The van der Waals surface area contributed by atoms with Crippen molar-refractivity contribution in [3.05, 3.63) is 47.3 Å². The Bertz CT molecular complexity index is 804. The Hall–Kier alpha value is -2.69. The van der Waals surface area contributed by atoms with Crippen LogP contribution in [0.1, 0.15) is 18.4 Å². The molecule has 2 aromatic rings. The number of carbonyl (C=O) groups excluding carboxylic acids is 2. The number of likely N-dealkylation sites (tertiary alicyclic amines) is 1. The van der Waals surface area contributed by atoms with Crippen LogP contribution >= 0.6 is 11.3 Å². The fourth-order valence-corrected chi connectivity index (χ4v) is 3.74. The third-order valence-corrected chi connectivity index (χ3v) is 5.24. The number of nitrogens with zero attached hydrogens (tertiary/aromatic N) is 2. The lowest BCUT2D eigenvalue weighted by Crippen LogP contribution is -2.41. The van der Waals surface area contributed by atoms with Crippen LogP contribution in [0.2, 0.25) is 0 Å². The fourth-order valence-electron chi connectivity index (χ4n) is 2.98. The minimum absolute atomic E-state index is 0.0306. The highest BCUT2D eigenvalue weighted by Gasteiger charge is 2.26. The van der Waals surface area contributed by atoms with Gasteiger partial charge in [-0.3, -0.25) is 14.5 Å². The van der Waals surface area contributed by atoms with E-state index in [0.29, 0.717) is 23.7 Å². The zero-order valence-electron chi connectivity index (χ0n) is 14.3. The minimum atomic E-state index is -0.129. The molecule has 2 amide bonds. The van der Waals surface area contributed by atoms with Crippen LogP contribution in [0.25, 0.3) is 0 Å². The largest absolute Gasteiger partial charge is 0.326 e. The van der Waals surface area contributed by atoms with Crippen molar-refractivity contribution in [1.82, 2.24) is 4.90 Å². The zero-order chi connectivity index (χ0) is 18.4. The molecule has 1 aromatic heterocycles. The van der Waals surface area contributed by atoms with Gasteiger partial charge in [0.1, 0.15) is 11.1 Å². The van der Waals surface area contributed by atoms with Gasteiger partial charge in [0.2, 0.25) is 11.8 Å². The van der Waals surface area contributed by atoms with Crippen LogP contribution in [0, 0.1) is 17.2 Å². The Labute approximate surface area is 156 Å². The number of hydrogen-bond donors (Lipinski definition) is 2. The quantitative estimate of drug-likeness (QED) is 0.850. The second-order valence-electron chi connectivity index (χ2n) is 6.23. The Balaban J connectivity index is 1.44. The first-order chi connectivity index (χ1) is 12.7. The number of anilines is 2. The van der Waals surface area contributed by atoms with Crippen LogP contribution in [0.5, 0.6) is 0 Å². The molecule has 1 aliphatic rings. The molecule has 3 rings (SSSR count). The number of nitriles is 1. The van der Waals surface area contributed by atoms with Gasteiger partial charge in [-0.05, 0) is 49.5 Å². The number of amides is 2. The topological polar surface area (TPSA) is 85.2 Å². The summed E-state index contributed by atoms with van der Waals surface area (Å²) in [5, 5.41) is 17.1. The number of rotatable bonds is 5. The molecule has 7 heteroatoms. The normalized spacial score (nSPS) is 15.2. The maximum absolute atomic E-state index is 12.3. The van der Waals surface area contributed by atoms with Crippen molar-refractivity contribution in [3.63, 3.8) is 0 Å². The molecule has 1 aromatic carbocycles. The predicted molar refractivity (Wildman–Crippen MR) is 102 cm³/mol. The van der Waals surface area contributed by atoms with Crippen LogP contribution in [0.4, 0.5) is 10.7 Å². The number of carbonyl (C=O) groups is 2. The van der Waals surface area contributed by atoms with Crippen LogP contribution in [0.15, 0.2) is 41.8 Å². The number of piperidine rings is 1. The lowest BCUT2D eigenvalue weighted by molar-refractivity contribution is -0.121. The average Bonchev–Trinajstić information content (AvgIpc) is 3.10. The van der Waals surface area contributed by atoms with Crippen LogP contribution in [0.3, 0.4) is 0 Å². The summed E-state index contributed by atoms with van der Waals surface area (Å²) in [6, 6.07) is 13.2. The number of benzene rings is 1. The van der Waals surface area contributed by atoms with E-state index in [1.54, 1.807) is 11.4 Å². The SMILES string of the molecule is N#Cc1ccsc1NC(=O)CN1CCC(C(=O)Nc2ccccc2)CC1. The van der Waals surface area contributed by atoms with E-state index in [2.05, 4.69) is 16.7 Å². The number of para-hydroxylation sites is 1. The van der Waals surface area contributed by atoms with E-state index in [4.69, 9.17) is 5.26 Å². The molecule has 6 nitrogen and oxygen atoms in total. The summed E-state index contributed by atoms with van der Waals surface area (Å²) < 4.78 is 0. The first-order valence-corrected chi connectivity index (χ1v) is 9.39. The highest BCUT2D eigenvalue weighted by Crippen LogP contribution is 2.23. The minimum Gasteiger partial charge on any atom is -0.326 e. The molecule has 134 valence electrons. The smallest absolute Gasteiger partial charge is 0.239 e. The average molecular weight is 368 g/mol. The highest BCUT2D eigenvalue weighted by molar-refractivity contribution is 7.14. The lowest BCUT2D eigenvalue weighted by atomic mass is 9.96. The van der Waals surface area contributed by atoms with Gasteiger partial charge in [0, 0.05) is 11.6 Å². The molecule has 0 saturated carbocycles. The van der Waals surface area contributed by atoms with Gasteiger partial charge in [-0.15, -0.1) is 11.3 Å². The van der Waals surface area contributed by atoms with Crippen molar-refractivity contribution >= 4 is 33.8 Å². The molecule has 1 aliphatic heterocycles. The van der Waals surface area contributed by atoms with E-state index in [0.717, 1.165) is 18.5 Å². The monoisotopic (exact) mass is 368 g/mol. The zero-order valence-corrected chi connectivity index (χ0v) is 15.1. The first kappa shape index (κ1) is 18.1. The van der Waals surface area contributed by atoms with E-state index >= 15 is 0 Å².